The number of ether oxygens (including phenoxy) is 3. The van der Waals surface area contributed by atoms with Crippen molar-refractivity contribution in [1.29, 1.82) is 0 Å². The summed E-state index contributed by atoms with van der Waals surface area (Å²) in [5, 5.41) is 24.1. The minimum atomic E-state index is -5.30. The molecule has 232 valence electrons. The molecule has 0 aliphatic rings. The lowest BCUT2D eigenvalue weighted by Crippen LogP contribution is -2.52. The second-order valence-electron chi connectivity index (χ2n) is 9.85. The quantitative estimate of drug-likeness (QED) is 0.217. The van der Waals surface area contributed by atoms with Crippen LogP contribution in [0.25, 0.3) is 0 Å². The summed E-state index contributed by atoms with van der Waals surface area (Å²) < 4.78 is 58.6. The summed E-state index contributed by atoms with van der Waals surface area (Å²) in [7, 11) is 1.30. The number of alkyl carbamates (subject to hydrolysis) is 1. The molecule has 1 heterocycles. The number of carbonyl (C=O) groups is 2. The van der Waals surface area contributed by atoms with Crippen molar-refractivity contribution in [2.24, 2.45) is 0 Å². The molecule has 0 aliphatic carbocycles. The first-order valence-electron chi connectivity index (χ1n) is 12.9. The van der Waals surface area contributed by atoms with E-state index in [-0.39, 0.29) is 42.4 Å². The summed E-state index contributed by atoms with van der Waals surface area (Å²) in [5.74, 6) is -0.652. The number of rotatable bonds is 12. The zero-order valence-electron chi connectivity index (χ0n) is 23.5. The zero-order chi connectivity index (χ0) is 31.8. The summed E-state index contributed by atoms with van der Waals surface area (Å²) in [6.07, 6.45) is -6.15. The van der Waals surface area contributed by atoms with Gasteiger partial charge in [0.2, 0.25) is 5.60 Å². The van der Waals surface area contributed by atoms with Crippen molar-refractivity contribution in [3.8, 4) is 11.5 Å². The molecule has 0 saturated carbocycles. The van der Waals surface area contributed by atoms with Crippen molar-refractivity contribution in [2.75, 3.05) is 26.9 Å². The fourth-order valence-electron chi connectivity index (χ4n) is 3.89. The van der Waals surface area contributed by atoms with Gasteiger partial charge in [0.05, 0.1) is 31.5 Å². The van der Waals surface area contributed by atoms with E-state index in [2.05, 4.69) is 15.6 Å². The Morgan fingerprint density at radius 3 is 2.35 bits per heavy atom. The number of halogens is 4. The molecule has 43 heavy (non-hydrogen) atoms. The minimum Gasteiger partial charge on any atom is -0.493 e. The number of alkyl halides is 3. The molecule has 10 nitrogen and oxygen atoms in total. The number of aliphatic hydroxyl groups excluding tert-OH is 1. The Morgan fingerprint density at radius 2 is 1.72 bits per heavy atom. The monoisotopic (exact) mass is 625 g/mol. The van der Waals surface area contributed by atoms with Gasteiger partial charge in [0.1, 0.15) is 18.4 Å². The van der Waals surface area contributed by atoms with E-state index in [1.165, 1.54) is 45.2 Å². The Kier molecular flexibility index (Phi) is 10.8. The third kappa shape index (κ3) is 8.49. The lowest BCUT2D eigenvalue weighted by atomic mass is 9.90. The van der Waals surface area contributed by atoms with Gasteiger partial charge in [-0.1, -0.05) is 41.9 Å². The van der Waals surface area contributed by atoms with E-state index >= 15 is 0 Å². The summed E-state index contributed by atoms with van der Waals surface area (Å²) in [6.45, 7) is 1.33. The van der Waals surface area contributed by atoms with Gasteiger partial charge in [-0.2, -0.15) is 13.2 Å². The number of carbonyl (C=O) groups excluding carboxylic acids is 2. The van der Waals surface area contributed by atoms with Crippen LogP contribution >= 0.6 is 11.6 Å². The van der Waals surface area contributed by atoms with Gasteiger partial charge >= 0.3 is 12.3 Å². The molecule has 0 saturated heterocycles. The highest BCUT2D eigenvalue weighted by molar-refractivity contribution is 6.29. The summed E-state index contributed by atoms with van der Waals surface area (Å²) in [6, 6.07) is 14.9. The zero-order valence-corrected chi connectivity index (χ0v) is 24.3. The van der Waals surface area contributed by atoms with Crippen molar-refractivity contribution in [3.05, 3.63) is 88.2 Å². The highest BCUT2D eigenvalue weighted by Crippen LogP contribution is 2.39. The SMILES string of the molecule is COc1cc(C(=O)NCC(O)(c2cc(C(C)(C)NC(=O)OCc3ccccc3)cc(Cl)n2)C(F)(F)F)ccc1OCCO. The Labute approximate surface area is 250 Å². The third-order valence-corrected chi connectivity index (χ3v) is 6.51. The van der Waals surface area contributed by atoms with E-state index in [9.17, 15) is 27.9 Å². The molecule has 3 rings (SSSR count). The van der Waals surface area contributed by atoms with E-state index < -0.39 is 46.7 Å². The molecule has 2 aromatic carbocycles. The van der Waals surface area contributed by atoms with E-state index in [4.69, 9.17) is 30.9 Å². The van der Waals surface area contributed by atoms with Crippen LogP contribution < -0.4 is 20.1 Å². The van der Waals surface area contributed by atoms with E-state index in [1.807, 2.05) is 0 Å². The summed E-state index contributed by atoms with van der Waals surface area (Å²) in [4.78, 5) is 29.0. The largest absolute Gasteiger partial charge is 0.493 e. The van der Waals surface area contributed by atoms with Crippen molar-refractivity contribution in [2.45, 2.75) is 37.8 Å². The molecule has 0 bridgehead atoms. The van der Waals surface area contributed by atoms with Crippen molar-refractivity contribution < 1.29 is 47.2 Å². The maximum absolute atomic E-state index is 14.3. The van der Waals surface area contributed by atoms with Crippen molar-refractivity contribution in [3.63, 3.8) is 0 Å². The lowest BCUT2D eigenvalue weighted by Gasteiger charge is -2.32. The van der Waals surface area contributed by atoms with Crippen LogP contribution in [0.2, 0.25) is 5.15 Å². The number of hydrogen-bond donors (Lipinski definition) is 4. The number of methoxy groups -OCH3 is 1. The predicted octanol–water partition coefficient (Wildman–Crippen LogP) is 4.46. The van der Waals surface area contributed by atoms with E-state index in [0.29, 0.717) is 0 Å². The van der Waals surface area contributed by atoms with Gasteiger partial charge in [-0.3, -0.25) is 4.79 Å². The third-order valence-electron chi connectivity index (χ3n) is 6.32. The molecule has 1 atom stereocenters. The molecule has 0 aliphatic heterocycles. The van der Waals surface area contributed by atoms with Crippen LogP contribution in [0.3, 0.4) is 0 Å². The molecule has 0 fully saturated rings. The number of aromatic nitrogens is 1. The van der Waals surface area contributed by atoms with Gasteiger partial charge in [0.25, 0.3) is 5.91 Å². The van der Waals surface area contributed by atoms with Gasteiger partial charge in [-0.25, -0.2) is 9.78 Å². The Morgan fingerprint density at radius 1 is 1.02 bits per heavy atom. The molecule has 1 unspecified atom stereocenters. The van der Waals surface area contributed by atoms with Gasteiger partial charge in [-0.05, 0) is 55.3 Å². The van der Waals surface area contributed by atoms with Crippen molar-refractivity contribution in [1.82, 2.24) is 15.6 Å². The first-order chi connectivity index (χ1) is 20.2. The first kappa shape index (κ1) is 33.4. The van der Waals surface area contributed by atoms with Crippen molar-refractivity contribution >= 4 is 23.6 Å². The molecule has 0 spiro atoms. The van der Waals surface area contributed by atoms with Crippen LogP contribution in [-0.4, -0.2) is 60.2 Å². The molecular formula is C29H31ClF3N3O7. The summed E-state index contributed by atoms with van der Waals surface area (Å²) >= 11 is 6.07. The highest BCUT2D eigenvalue weighted by Gasteiger charge is 2.56. The molecule has 2 amide bonds. The number of benzene rings is 2. The number of nitrogens with one attached hydrogen (secondary N) is 2. The maximum atomic E-state index is 14.3. The Bertz CT molecular complexity index is 1420. The molecule has 14 heteroatoms. The van der Waals surface area contributed by atoms with Gasteiger partial charge in [-0.15, -0.1) is 0 Å². The lowest BCUT2D eigenvalue weighted by molar-refractivity contribution is -0.265. The molecule has 3 aromatic rings. The number of aliphatic hydroxyl groups is 2. The smallest absolute Gasteiger partial charge is 0.424 e. The van der Waals surface area contributed by atoms with Crippen LogP contribution in [0.1, 0.15) is 41.0 Å². The second-order valence-corrected chi connectivity index (χ2v) is 10.2. The standard InChI is InChI=1S/C29H31ClF3N3O7/c1-27(2,36-26(39)43-16-18-7-5-4-6-8-18)20-14-23(35-24(30)15-20)28(40,29(31,32)33)17-34-25(38)19-9-10-21(42-12-11-37)22(13-19)41-3/h4-10,13-15,37,40H,11-12,16-17H2,1-3H3,(H,34,38)(H,36,39). The topological polar surface area (TPSA) is 139 Å². The fraction of sp³-hybridized carbons (Fsp3) is 0.345. The van der Waals surface area contributed by atoms with Crippen LogP contribution in [-0.2, 0) is 22.5 Å². The first-order valence-corrected chi connectivity index (χ1v) is 13.2. The van der Waals surface area contributed by atoms with Crippen LogP contribution in [0.15, 0.2) is 60.7 Å². The van der Waals surface area contributed by atoms with E-state index in [0.717, 1.165) is 11.6 Å². The average Bonchev–Trinajstić information content (AvgIpc) is 2.96. The maximum Gasteiger partial charge on any atom is 0.424 e. The highest BCUT2D eigenvalue weighted by atomic mass is 35.5. The fourth-order valence-corrected chi connectivity index (χ4v) is 4.09. The van der Waals surface area contributed by atoms with Crippen LogP contribution in [0, 0.1) is 0 Å². The second kappa shape index (κ2) is 13.9. The minimum absolute atomic E-state index is 0.0388. The van der Waals surface area contributed by atoms with Crippen LogP contribution in [0.5, 0.6) is 11.5 Å². The van der Waals surface area contributed by atoms with Gasteiger partial charge in [0.15, 0.2) is 11.5 Å². The number of amides is 2. The average molecular weight is 626 g/mol. The molecular weight excluding hydrogens is 595 g/mol. The van der Waals surface area contributed by atoms with Gasteiger partial charge in [0, 0.05) is 5.56 Å². The van der Waals surface area contributed by atoms with Crippen LogP contribution in [0.4, 0.5) is 18.0 Å². The number of hydrogen-bond acceptors (Lipinski definition) is 8. The van der Waals surface area contributed by atoms with E-state index in [1.54, 1.807) is 30.3 Å². The summed E-state index contributed by atoms with van der Waals surface area (Å²) in [5.41, 5.74) is -5.16. The Hall–Kier alpha value is -4.07. The number of nitrogens with zero attached hydrogens (tertiary/aromatic N) is 1. The number of pyridine rings is 1. The Balaban J connectivity index is 1.82. The molecule has 4 N–H and O–H groups in total. The normalized spacial score (nSPS) is 13.0. The van der Waals surface area contributed by atoms with Gasteiger partial charge < -0.3 is 35.1 Å². The molecule has 0 radical (unpaired) electrons. The predicted molar refractivity (Wildman–Crippen MR) is 150 cm³/mol. The molecule has 1 aromatic heterocycles.